The fraction of sp³-hybridized carbons (Fsp3) is 0.556. The summed E-state index contributed by atoms with van der Waals surface area (Å²) in [5.41, 5.74) is 8.95. The van der Waals surface area contributed by atoms with Crippen LogP contribution in [0.1, 0.15) is 57.6 Å². The molecule has 3 fully saturated rings. The number of hydrogen-bond donors (Lipinski definition) is 2. The number of morpholine rings is 1. The first kappa shape index (κ1) is 25.6. The minimum atomic E-state index is -0.173. The van der Waals surface area contributed by atoms with Crippen molar-refractivity contribution in [1.29, 1.82) is 0 Å². The summed E-state index contributed by atoms with van der Waals surface area (Å²) in [6.45, 7) is 4.58. The molecule has 0 bridgehead atoms. The molecule has 3 aromatic heterocycles. The smallest absolute Gasteiger partial charge is 0.207 e. The number of aromatic nitrogens is 4. The van der Waals surface area contributed by atoms with Gasteiger partial charge in [-0.25, -0.2) is 9.97 Å². The van der Waals surface area contributed by atoms with Crippen molar-refractivity contribution in [2.45, 2.75) is 70.6 Å². The van der Waals surface area contributed by atoms with E-state index < -0.39 is 0 Å². The first-order valence-electron chi connectivity index (χ1n) is 13.5. The van der Waals surface area contributed by atoms with E-state index in [9.17, 15) is 5.21 Å². The van der Waals surface area contributed by atoms with Crippen LogP contribution in [0.3, 0.4) is 0 Å². The van der Waals surface area contributed by atoms with Gasteiger partial charge in [-0.1, -0.05) is 48.1 Å². The number of nitrogens with two attached hydrogens (primary N) is 1. The Morgan fingerprint density at radius 2 is 1.97 bits per heavy atom. The third-order valence-electron chi connectivity index (χ3n) is 8.46. The molecule has 2 atom stereocenters. The first-order valence-corrected chi connectivity index (χ1v) is 14.3. The van der Waals surface area contributed by atoms with Crippen molar-refractivity contribution in [3.05, 3.63) is 34.2 Å². The predicted molar refractivity (Wildman–Crippen MR) is 149 cm³/mol. The highest BCUT2D eigenvalue weighted by Crippen LogP contribution is 2.41. The van der Waals surface area contributed by atoms with Crippen molar-refractivity contribution in [2.24, 2.45) is 22.7 Å². The summed E-state index contributed by atoms with van der Waals surface area (Å²) in [5, 5.41) is 13.4. The highest BCUT2D eigenvalue weighted by molar-refractivity contribution is 6.38. The monoisotopic (exact) mass is 557 g/mol. The van der Waals surface area contributed by atoms with Crippen LogP contribution in [0.15, 0.2) is 23.6 Å². The minimum Gasteiger partial charge on any atom is -0.409 e. The molecule has 6 rings (SSSR count). The summed E-state index contributed by atoms with van der Waals surface area (Å²) in [6, 6.07) is 2.10. The lowest BCUT2D eigenvalue weighted by Gasteiger charge is -2.39. The van der Waals surface area contributed by atoms with E-state index in [-0.39, 0.29) is 28.7 Å². The number of anilines is 1. The number of ether oxygens (including phenoxy) is 1. The maximum absolute atomic E-state index is 9.48. The number of pyridine rings is 2. The van der Waals surface area contributed by atoms with E-state index in [4.69, 9.17) is 43.6 Å². The molecule has 0 amide bonds. The van der Waals surface area contributed by atoms with Crippen LogP contribution in [-0.2, 0) is 11.3 Å². The number of oxime groups is 1. The van der Waals surface area contributed by atoms with E-state index in [2.05, 4.69) is 26.5 Å². The van der Waals surface area contributed by atoms with Crippen LogP contribution in [0.2, 0.25) is 10.0 Å². The van der Waals surface area contributed by atoms with Crippen LogP contribution in [0.4, 0.5) is 5.95 Å². The Hall–Kier alpha value is -2.62. The maximum Gasteiger partial charge on any atom is 0.207 e. The van der Waals surface area contributed by atoms with Crippen LogP contribution in [0.5, 0.6) is 0 Å². The summed E-state index contributed by atoms with van der Waals surface area (Å²) >= 11 is 13.3. The van der Waals surface area contributed by atoms with Crippen LogP contribution >= 0.6 is 23.2 Å². The van der Waals surface area contributed by atoms with E-state index in [1.54, 1.807) is 12.4 Å². The predicted octanol–water partition coefficient (Wildman–Crippen LogP) is 5.48. The Bertz CT molecular complexity index is 1370. The zero-order valence-electron chi connectivity index (χ0n) is 21.5. The second-order valence-electron chi connectivity index (χ2n) is 10.9. The average Bonchev–Trinajstić information content (AvgIpc) is 3.55. The van der Waals surface area contributed by atoms with Gasteiger partial charge in [-0.2, -0.15) is 0 Å². The molecule has 0 radical (unpaired) electrons. The zero-order valence-corrected chi connectivity index (χ0v) is 23.0. The fourth-order valence-corrected chi connectivity index (χ4v) is 6.90. The second kappa shape index (κ2) is 10.5. The third kappa shape index (κ3) is 4.58. The van der Waals surface area contributed by atoms with Gasteiger partial charge in [-0.3, -0.25) is 4.98 Å². The lowest BCUT2D eigenvalue weighted by molar-refractivity contribution is 0.0247. The van der Waals surface area contributed by atoms with Crippen LogP contribution in [-0.4, -0.2) is 55.9 Å². The summed E-state index contributed by atoms with van der Waals surface area (Å²) < 4.78 is 8.43. The molecule has 0 spiro atoms. The molecular weight excluding hydrogens is 525 g/mol. The molecule has 4 heterocycles. The van der Waals surface area contributed by atoms with E-state index in [0.29, 0.717) is 28.8 Å². The molecule has 2 aliphatic carbocycles. The van der Waals surface area contributed by atoms with Gasteiger partial charge in [0.15, 0.2) is 5.84 Å². The molecule has 0 aromatic carbocycles. The summed E-state index contributed by atoms with van der Waals surface area (Å²) in [6.07, 6.45) is 11.6. The Kier molecular flexibility index (Phi) is 7.09. The van der Waals surface area contributed by atoms with Gasteiger partial charge in [-0.15, -0.1) is 0 Å². The molecule has 3 N–H and O–H groups in total. The van der Waals surface area contributed by atoms with Crippen LogP contribution in [0, 0.1) is 11.8 Å². The Labute approximate surface area is 232 Å². The van der Waals surface area contributed by atoms with Gasteiger partial charge in [0.05, 0.1) is 40.0 Å². The molecule has 1 saturated heterocycles. The van der Waals surface area contributed by atoms with Gasteiger partial charge in [0.25, 0.3) is 0 Å². The molecule has 9 nitrogen and oxygen atoms in total. The van der Waals surface area contributed by atoms with Gasteiger partial charge in [0, 0.05) is 31.0 Å². The minimum absolute atomic E-state index is 0.173. The van der Waals surface area contributed by atoms with Crippen molar-refractivity contribution in [3.8, 4) is 11.3 Å². The first-order chi connectivity index (χ1) is 18.4. The Morgan fingerprint density at radius 3 is 2.74 bits per heavy atom. The molecule has 202 valence electrons. The van der Waals surface area contributed by atoms with Gasteiger partial charge in [0.2, 0.25) is 5.95 Å². The lowest BCUT2D eigenvalue weighted by atomic mass is 9.83. The standard InChI is InChI=1S/C27H33Cl2N7O2/c1-15-5-7-16(8-6-15)14-36-25-22(17-11-18(28)13-31-12-17)32-24(26(30)34-37)21(29)23(25)33-27(36)35-9-10-38-20-4-2-3-19(20)35/h11-13,15-16,19-20,37H,2-10,14H2,1H3,(H2,30,34)/t15?,16?,19-,20-/m1/s1. The lowest BCUT2D eigenvalue weighted by Crippen LogP contribution is -2.49. The number of amidine groups is 1. The summed E-state index contributed by atoms with van der Waals surface area (Å²) in [5.74, 6) is 2.00. The highest BCUT2D eigenvalue weighted by Gasteiger charge is 2.39. The van der Waals surface area contributed by atoms with Gasteiger partial charge >= 0.3 is 0 Å². The summed E-state index contributed by atoms with van der Waals surface area (Å²) in [4.78, 5) is 16.7. The molecule has 3 aliphatic rings. The third-order valence-corrected chi connectivity index (χ3v) is 9.02. The molecular formula is C27H33Cl2N7O2. The molecule has 1 aliphatic heterocycles. The van der Waals surface area contributed by atoms with Crippen molar-refractivity contribution in [2.75, 3.05) is 18.1 Å². The van der Waals surface area contributed by atoms with Crippen molar-refractivity contribution in [3.63, 3.8) is 0 Å². The van der Waals surface area contributed by atoms with Crippen molar-refractivity contribution < 1.29 is 9.94 Å². The molecule has 11 heteroatoms. The van der Waals surface area contributed by atoms with Crippen LogP contribution < -0.4 is 10.6 Å². The van der Waals surface area contributed by atoms with E-state index >= 15 is 0 Å². The number of nitrogens with zero attached hydrogens (tertiary/aromatic N) is 6. The largest absolute Gasteiger partial charge is 0.409 e. The van der Waals surface area contributed by atoms with Crippen molar-refractivity contribution in [1.82, 2.24) is 19.5 Å². The number of rotatable bonds is 5. The highest BCUT2D eigenvalue weighted by atomic mass is 35.5. The van der Waals surface area contributed by atoms with Gasteiger partial charge in [-0.05, 0) is 50.0 Å². The number of imidazole rings is 1. The van der Waals surface area contributed by atoms with Gasteiger partial charge in [0.1, 0.15) is 11.2 Å². The average molecular weight is 559 g/mol. The fourth-order valence-electron chi connectivity index (χ4n) is 6.46. The maximum atomic E-state index is 9.48. The zero-order chi connectivity index (χ0) is 26.4. The number of fused-ring (bicyclic) bond motifs is 2. The van der Waals surface area contributed by atoms with Gasteiger partial charge < -0.3 is 25.1 Å². The SMILES string of the molecule is CC1CCC(Cn2c(N3CCO[C@@H]4CCC[C@H]43)nc3c(Cl)c(/C(N)=N/O)nc(-c4cncc(Cl)c4)c32)CC1. The quantitative estimate of drug-likeness (QED) is 0.185. The Balaban J connectivity index is 1.59. The topological polar surface area (TPSA) is 115 Å². The van der Waals surface area contributed by atoms with E-state index in [1.165, 1.54) is 25.7 Å². The molecule has 38 heavy (non-hydrogen) atoms. The van der Waals surface area contributed by atoms with Crippen molar-refractivity contribution >= 4 is 46.0 Å². The molecule has 0 unspecified atom stereocenters. The van der Waals surface area contributed by atoms with E-state index in [1.807, 2.05) is 6.07 Å². The number of halogens is 2. The number of hydrogen-bond acceptors (Lipinski definition) is 7. The van der Waals surface area contributed by atoms with E-state index in [0.717, 1.165) is 55.3 Å². The Morgan fingerprint density at radius 1 is 1.16 bits per heavy atom. The normalized spacial score (nSPS) is 26.2. The molecule has 2 saturated carbocycles. The van der Waals surface area contributed by atoms with Crippen LogP contribution in [0.25, 0.3) is 22.3 Å². The summed E-state index contributed by atoms with van der Waals surface area (Å²) in [7, 11) is 0. The second-order valence-corrected chi connectivity index (χ2v) is 11.8. The molecule has 3 aromatic rings.